The van der Waals surface area contributed by atoms with Gasteiger partial charge in [0, 0.05) is 33.6 Å². The fourth-order valence-corrected chi connectivity index (χ4v) is 5.29. The Kier molecular flexibility index (Phi) is 3.94. The molecule has 0 spiro atoms. The average molecular weight is 423 g/mol. The third-order valence-corrected chi connectivity index (χ3v) is 6.78. The molecule has 5 aromatic rings. The van der Waals surface area contributed by atoms with Gasteiger partial charge in [-0.25, -0.2) is 0 Å². The maximum absolute atomic E-state index is 3.62. The number of fused-ring (bicyclic) bond motifs is 3. The molecular weight excluding hydrogens is 400 g/mol. The maximum atomic E-state index is 3.62. The summed E-state index contributed by atoms with van der Waals surface area (Å²) in [5.41, 5.74) is 11.1. The quantitative estimate of drug-likeness (QED) is 0.307. The predicted molar refractivity (Wildman–Crippen MR) is 140 cm³/mol. The zero-order chi connectivity index (χ0) is 21.8. The van der Waals surface area contributed by atoms with Crippen molar-refractivity contribution in [3.05, 3.63) is 120 Å². The van der Waals surface area contributed by atoms with E-state index >= 15 is 0 Å². The first-order valence-corrected chi connectivity index (χ1v) is 11.4. The van der Waals surface area contributed by atoms with Crippen molar-refractivity contribution >= 4 is 45.3 Å². The van der Waals surface area contributed by atoms with Gasteiger partial charge < -0.3 is 10.2 Å². The number of allylic oxidation sites excluding steroid dienone is 1. The van der Waals surface area contributed by atoms with E-state index in [1.54, 1.807) is 0 Å². The molecule has 0 amide bonds. The number of para-hydroxylation sites is 1. The fraction of sp³-hybridized carbons (Fsp3) is 0.0323. The van der Waals surface area contributed by atoms with Gasteiger partial charge in [0.1, 0.15) is 0 Å². The van der Waals surface area contributed by atoms with Gasteiger partial charge in [-0.05, 0) is 65.4 Å². The van der Waals surface area contributed by atoms with Crippen molar-refractivity contribution in [2.75, 3.05) is 10.2 Å². The lowest BCUT2D eigenvalue weighted by Gasteiger charge is -2.33. The topological polar surface area (TPSA) is 15.3 Å². The van der Waals surface area contributed by atoms with Crippen molar-refractivity contribution in [3.8, 4) is 11.1 Å². The standard InChI is InChI=1S/C31H22N2/c1-2-15-29-26(11-1)27-13-4-9-22-10-6-16-30(31(22)27)33(29)24-19-17-23(18-20-24)32-28-14-5-8-21-7-3-12-25(21)28/h1-6,8-20,32H,7H2. The van der Waals surface area contributed by atoms with E-state index in [2.05, 4.69) is 125 Å². The fourth-order valence-electron chi connectivity index (χ4n) is 5.29. The van der Waals surface area contributed by atoms with E-state index in [-0.39, 0.29) is 0 Å². The highest BCUT2D eigenvalue weighted by Gasteiger charge is 2.25. The second-order valence-corrected chi connectivity index (χ2v) is 8.69. The van der Waals surface area contributed by atoms with Crippen LogP contribution in [0.5, 0.6) is 0 Å². The van der Waals surface area contributed by atoms with Gasteiger partial charge in [-0.1, -0.05) is 72.8 Å². The van der Waals surface area contributed by atoms with E-state index in [9.17, 15) is 0 Å². The van der Waals surface area contributed by atoms with Crippen molar-refractivity contribution in [1.29, 1.82) is 0 Å². The Morgan fingerprint density at radius 3 is 2.30 bits per heavy atom. The first-order chi connectivity index (χ1) is 16.4. The lowest BCUT2D eigenvalue weighted by molar-refractivity contribution is 1.28. The summed E-state index contributed by atoms with van der Waals surface area (Å²) >= 11 is 0. The molecule has 0 saturated heterocycles. The maximum Gasteiger partial charge on any atom is 0.0546 e. The molecule has 0 atom stereocenters. The second kappa shape index (κ2) is 7.11. The van der Waals surface area contributed by atoms with Crippen molar-refractivity contribution in [1.82, 2.24) is 0 Å². The summed E-state index contributed by atoms with van der Waals surface area (Å²) in [5.74, 6) is 0. The number of nitrogens with zero attached hydrogens (tertiary/aromatic N) is 1. The lowest BCUT2D eigenvalue weighted by Crippen LogP contribution is -2.14. The van der Waals surface area contributed by atoms with Gasteiger partial charge in [-0.2, -0.15) is 0 Å². The highest BCUT2D eigenvalue weighted by Crippen LogP contribution is 2.50. The van der Waals surface area contributed by atoms with Gasteiger partial charge in [0.2, 0.25) is 0 Å². The first kappa shape index (κ1) is 18.3. The minimum Gasteiger partial charge on any atom is -0.355 e. The van der Waals surface area contributed by atoms with E-state index in [0.29, 0.717) is 0 Å². The smallest absolute Gasteiger partial charge is 0.0546 e. The van der Waals surface area contributed by atoms with Gasteiger partial charge in [0.05, 0.1) is 11.4 Å². The number of rotatable bonds is 3. The summed E-state index contributed by atoms with van der Waals surface area (Å²) in [6.07, 6.45) is 5.46. The molecule has 0 fully saturated rings. The molecule has 0 unspecified atom stereocenters. The Morgan fingerprint density at radius 2 is 1.39 bits per heavy atom. The minimum atomic E-state index is 1.02. The van der Waals surface area contributed by atoms with Gasteiger partial charge >= 0.3 is 0 Å². The molecule has 1 aliphatic carbocycles. The Morgan fingerprint density at radius 1 is 0.636 bits per heavy atom. The Bertz CT molecular complexity index is 1560. The summed E-state index contributed by atoms with van der Waals surface area (Å²) < 4.78 is 0. The number of nitrogens with one attached hydrogen (secondary N) is 1. The monoisotopic (exact) mass is 422 g/mol. The Labute approximate surface area is 193 Å². The second-order valence-electron chi connectivity index (χ2n) is 8.69. The number of hydrogen-bond donors (Lipinski definition) is 1. The molecule has 1 heterocycles. The van der Waals surface area contributed by atoms with Crippen LogP contribution in [-0.2, 0) is 6.42 Å². The molecule has 2 heteroatoms. The van der Waals surface area contributed by atoms with Gasteiger partial charge in [-0.3, -0.25) is 0 Å². The van der Waals surface area contributed by atoms with Crippen LogP contribution >= 0.6 is 0 Å². The van der Waals surface area contributed by atoms with Crippen LogP contribution in [0.3, 0.4) is 0 Å². The predicted octanol–water partition coefficient (Wildman–Crippen LogP) is 8.60. The molecule has 7 rings (SSSR count). The summed E-state index contributed by atoms with van der Waals surface area (Å²) in [6, 6.07) is 37.2. The summed E-state index contributed by atoms with van der Waals surface area (Å²) in [6.45, 7) is 0. The third kappa shape index (κ3) is 2.81. The zero-order valence-electron chi connectivity index (χ0n) is 18.1. The molecule has 2 nitrogen and oxygen atoms in total. The van der Waals surface area contributed by atoms with Crippen molar-refractivity contribution in [2.24, 2.45) is 0 Å². The van der Waals surface area contributed by atoms with E-state index in [0.717, 1.165) is 23.5 Å². The van der Waals surface area contributed by atoms with Crippen LogP contribution < -0.4 is 10.2 Å². The van der Waals surface area contributed by atoms with Crippen molar-refractivity contribution < 1.29 is 0 Å². The third-order valence-electron chi connectivity index (χ3n) is 6.78. The van der Waals surface area contributed by atoms with Crippen LogP contribution in [-0.4, -0.2) is 0 Å². The number of anilines is 5. The van der Waals surface area contributed by atoms with Crippen molar-refractivity contribution in [2.45, 2.75) is 6.42 Å². The summed E-state index contributed by atoms with van der Waals surface area (Å²) in [5, 5.41) is 6.20. The van der Waals surface area contributed by atoms with Gasteiger partial charge in [-0.15, -0.1) is 0 Å². The highest BCUT2D eigenvalue weighted by atomic mass is 15.2. The normalized spacial score (nSPS) is 13.2. The van der Waals surface area contributed by atoms with Crippen LogP contribution in [0.1, 0.15) is 11.1 Å². The zero-order valence-corrected chi connectivity index (χ0v) is 18.1. The molecule has 1 N–H and O–H groups in total. The van der Waals surface area contributed by atoms with E-state index in [1.807, 2.05) is 0 Å². The summed E-state index contributed by atoms with van der Waals surface area (Å²) in [4.78, 5) is 2.39. The van der Waals surface area contributed by atoms with E-state index in [4.69, 9.17) is 0 Å². The molecule has 1 aliphatic heterocycles. The number of hydrogen-bond acceptors (Lipinski definition) is 2. The van der Waals surface area contributed by atoms with Crippen LogP contribution in [0.2, 0.25) is 0 Å². The summed E-state index contributed by atoms with van der Waals surface area (Å²) in [7, 11) is 0. The van der Waals surface area contributed by atoms with Crippen LogP contribution in [0, 0.1) is 0 Å². The van der Waals surface area contributed by atoms with Crippen molar-refractivity contribution in [3.63, 3.8) is 0 Å². The van der Waals surface area contributed by atoms with Crippen LogP contribution in [0.15, 0.2) is 109 Å². The number of benzene rings is 5. The van der Waals surface area contributed by atoms with Crippen LogP contribution in [0.4, 0.5) is 28.4 Å². The molecule has 0 aromatic heterocycles. The Balaban J connectivity index is 1.32. The molecule has 0 bridgehead atoms. The largest absolute Gasteiger partial charge is 0.355 e. The average Bonchev–Trinajstić information content (AvgIpc) is 3.35. The first-order valence-electron chi connectivity index (χ1n) is 11.4. The SMILES string of the molecule is C1=Cc2c(cccc2Nc2ccc(N3c4ccccc4-c4cccc5cccc3c45)cc2)C1. The molecule has 0 saturated carbocycles. The molecule has 5 aromatic carbocycles. The molecule has 156 valence electrons. The lowest BCUT2D eigenvalue weighted by atomic mass is 9.91. The Hall–Kier alpha value is -4.30. The van der Waals surface area contributed by atoms with Crippen LogP contribution in [0.25, 0.3) is 28.0 Å². The molecule has 33 heavy (non-hydrogen) atoms. The minimum absolute atomic E-state index is 1.02. The van der Waals surface area contributed by atoms with Gasteiger partial charge in [0.15, 0.2) is 0 Å². The van der Waals surface area contributed by atoms with Gasteiger partial charge in [0.25, 0.3) is 0 Å². The molecular formula is C31H22N2. The highest BCUT2D eigenvalue weighted by molar-refractivity contribution is 6.13. The van der Waals surface area contributed by atoms with E-state index < -0.39 is 0 Å². The molecule has 0 radical (unpaired) electrons. The van der Waals surface area contributed by atoms with E-state index in [1.165, 1.54) is 44.4 Å². The molecule has 2 aliphatic rings.